The highest BCUT2D eigenvalue weighted by atomic mass is 28.4. The molecule has 0 saturated carbocycles. The highest BCUT2D eigenvalue weighted by Gasteiger charge is 2.39. The molecule has 0 spiro atoms. The fraction of sp³-hybridized carbons (Fsp3) is 0.429. The Kier molecular flexibility index (Phi) is 7.37. The molecule has 0 aliphatic carbocycles. The van der Waals surface area contributed by atoms with Gasteiger partial charge in [0.05, 0.1) is 11.9 Å². The van der Waals surface area contributed by atoms with Crippen LogP contribution < -0.4 is 10.2 Å². The molecule has 0 radical (unpaired) electrons. The normalized spacial score (nSPS) is 13.1. The van der Waals surface area contributed by atoms with Crippen molar-refractivity contribution in [3.8, 4) is 28.3 Å². The van der Waals surface area contributed by atoms with E-state index in [2.05, 4.69) is 64.8 Å². The Morgan fingerprint density at radius 2 is 1.40 bits per heavy atom. The molecule has 0 saturated heterocycles. The Morgan fingerprint density at radius 1 is 0.857 bits per heavy atom. The number of hydrogen-bond acceptors (Lipinski definition) is 5. The molecule has 5 nitrogen and oxygen atoms in total. The zero-order chi connectivity index (χ0) is 26.2. The molecule has 0 aliphatic heterocycles. The average molecular weight is 508 g/mol. The third kappa shape index (κ3) is 6.20. The fourth-order valence-corrected chi connectivity index (χ4v) is 5.07. The second-order valence-corrected chi connectivity index (χ2v) is 21.4. The molecule has 1 aromatic heterocycles. The first-order valence-corrected chi connectivity index (χ1v) is 18.1. The van der Waals surface area contributed by atoms with E-state index in [1.54, 1.807) is 6.20 Å². The molecule has 0 fully saturated rings. The Labute approximate surface area is 213 Å². The first-order chi connectivity index (χ1) is 16.0. The van der Waals surface area contributed by atoms with Crippen molar-refractivity contribution < 1.29 is 9.22 Å². The van der Waals surface area contributed by atoms with Gasteiger partial charge < -0.3 is 15.0 Å². The molecule has 0 unspecified atom stereocenters. The van der Waals surface area contributed by atoms with E-state index in [-0.39, 0.29) is 10.1 Å². The van der Waals surface area contributed by atoms with Gasteiger partial charge in [0.15, 0.2) is 8.32 Å². The summed E-state index contributed by atoms with van der Waals surface area (Å²) in [7, 11) is -4.16. The number of nitrogens with two attached hydrogens (primary N) is 1. The molecular weight excluding hydrogens is 466 g/mol. The number of nitrogen functional groups attached to an aromatic ring is 1. The van der Waals surface area contributed by atoms with E-state index in [1.165, 1.54) is 5.56 Å². The van der Waals surface area contributed by atoms with Gasteiger partial charge in [0, 0.05) is 11.1 Å². The molecule has 1 heterocycles. The maximum Gasteiger partial charge on any atom is 0.250 e. The summed E-state index contributed by atoms with van der Waals surface area (Å²) >= 11 is 0. The molecule has 3 N–H and O–H groups in total. The molecule has 3 rings (SSSR count). The summed E-state index contributed by atoms with van der Waals surface area (Å²) in [5, 5.41) is 0.0261. The molecule has 2 aromatic carbocycles. The predicted molar refractivity (Wildman–Crippen MR) is 153 cm³/mol. The number of rotatable bonds is 7. The molecule has 7 heteroatoms. The van der Waals surface area contributed by atoms with Crippen LogP contribution in [0.25, 0.3) is 22.5 Å². The number of nitrogens with zero attached hydrogens (tertiary/aromatic N) is 2. The van der Waals surface area contributed by atoms with Gasteiger partial charge in [-0.05, 0) is 72.5 Å². The number of hydrogen-bond donors (Lipinski definition) is 2. The Hall–Kier alpha value is -2.49. The lowest BCUT2D eigenvalue weighted by atomic mass is 10.00. The van der Waals surface area contributed by atoms with Crippen molar-refractivity contribution in [2.45, 2.75) is 77.3 Å². The van der Waals surface area contributed by atoms with Gasteiger partial charge in [-0.15, -0.1) is 0 Å². The Morgan fingerprint density at radius 3 is 1.91 bits per heavy atom. The van der Waals surface area contributed by atoms with Crippen LogP contribution in [0.5, 0.6) is 5.75 Å². The van der Waals surface area contributed by atoms with Gasteiger partial charge in [-0.25, -0.2) is 9.97 Å². The van der Waals surface area contributed by atoms with E-state index in [0.29, 0.717) is 11.5 Å². The predicted octanol–water partition coefficient (Wildman–Crippen LogP) is 7.30. The van der Waals surface area contributed by atoms with Crippen molar-refractivity contribution >= 4 is 22.5 Å². The van der Waals surface area contributed by atoms with Crippen LogP contribution in [-0.4, -0.2) is 31.4 Å². The lowest BCUT2D eigenvalue weighted by molar-refractivity contribution is 0.467. The Bertz CT molecular complexity index is 1160. The van der Waals surface area contributed by atoms with Crippen LogP contribution in [0, 0.1) is 0 Å². The maximum atomic E-state index is 10.6. The summed E-state index contributed by atoms with van der Waals surface area (Å²) in [6.07, 6.45) is 2.54. The molecule has 3 aromatic rings. The minimum absolute atomic E-state index is 0.117. The fourth-order valence-electron chi connectivity index (χ4n) is 3.40. The van der Waals surface area contributed by atoms with Crippen LogP contribution in [0.3, 0.4) is 0 Å². The summed E-state index contributed by atoms with van der Waals surface area (Å²) in [5.41, 5.74) is 10.7. The minimum Gasteiger partial charge on any atom is -0.544 e. The van der Waals surface area contributed by atoms with E-state index < -0.39 is 16.6 Å². The zero-order valence-electron chi connectivity index (χ0n) is 22.7. The minimum atomic E-state index is -2.28. The summed E-state index contributed by atoms with van der Waals surface area (Å²) in [6.45, 7) is 19.5. The standard InChI is InChI=1S/C28H41N3O2Si2/c1-27(2,3)35(8,9)33-23-16-14-21(15-17-23)24-19-30-26(29)25(31-24)22-12-10-20(11-13-22)18-28(4,5)34(6,7)32/h10-17,19,32H,18H2,1-9H3,(H2,29,30). The molecule has 0 bridgehead atoms. The van der Waals surface area contributed by atoms with Crippen molar-refractivity contribution in [3.63, 3.8) is 0 Å². The van der Waals surface area contributed by atoms with Crippen molar-refractivity contribution in [1.82, 2.24) is 9.97 Å². The van der Waals surface area contributed by atoms with Crippen LogP contribution in [0.1, 0.15) is 40.2 Å². The summed E-state index contributed by atoms with van der Waals surface area (Å²) in [6, 6.07) is 16.3. The average Bonchev–Trinajstić information content (AvgIpc) is 2.73. The number of anilines is 1. The van der Waals surface area contributed by atoms with Crippen LogP contribution >= 0.6 is 0 Å². The first kappa shape index (κ1) is 27.1. The van der Waals surface area contributed by atoms with Gasteiger partial charge in [0.2, 0.25) is 8.32 Å². The molecule has 35 heavy (non-hydrogen) atoms. The van der Waals surface area contributed by atoms with Gasteiger partial charge in [0.1, 0.15) is 17.3 Å². The lowest BCUT2D eigenvalue weighted by Gasteiger charge is -2.36. The quantitative estimate of drug-likeness (QED) is 0.328. The van der Waals surface area contributed by atoms with E-state index in [9.17, 15) is 4.80 Å². The van der Waals surface area contributed by atoms with Gasteiger partial charge in [-0.1, -0.05) is 58.9 Å². The van der Waals surface area contributed by atoms with Crippen LogP contribution in [0.4, 0.5) is 5.82 Å². The first-order valence-electron chi connectivity index (χ1n) is 12.2. The smallest absolute Gasteiger partial charge is 0.250 e. The SMILES string of the molecule is CC(C)(Cc1ccc(-c2nc(-c3ccc(O[Si](C)(C)C(C)(C)C)cc3)cnc2N)cc1)[Si](C)(C)O. The third-order valence-corrected chi connectivity index (χ3v) is 15.5. The lowest BCUT2D eigenvalue weighted by Crippen LogP contribution is -2.43. The second kappa shape index (κ2) is 9.52. The van der Waals surface area contributed by atoms with Gasteiger partial charge in [0.25, 0.3) is 0 Å². The second-order valence-electron chi connectivity index (χ2n) is 12.2. The van der Waals surface area contributed by atoms with Crippen molar-refractivity contribution in [2.75, 3.05) is 5.73 Å². The van der Waals surface area contributed by atoms with Crippen molar-refractivity contribution in [3.05, 3.63) is 60.3 Å². The topological polar surface area (TPSA) is 81.3 Å². The highest BCUT2D eigenvalue weighted by Crippen LogP contribution is 2.39. The number of benzene rings is 2. The number of aromatic nitrogens is 2. The van der Waals surface area contributed by atoms with Crippen LogP contribution in [0.2, 0.25) is 36.3 Å². The summed E-state index contributed by atoms with van der Waals surface area (Å²) in [4.78, 5) is 19.9. The van der Waals surface area contributed by atoms with Gasteiger partial charge in [-0.2, -0.15) is 0 Å². The zero-order valence-corrected chi connectivity index (χ0v) is 24.7. The molecule has 0 amide bonds. The highest BCUT2D eigenvalue weighted by molar-refractivity contribution is 6.74. The van der Waals surface area contributed by atoms with E-state index >= 15 is 0 Å². The van der Waals surface area contributed by atoms with Crippen molar-refractivity contribution in [1.29, 1.82) is 0 Å². The van der Waals surface area contributed by atoms with Gasteiger partial charge in [-0.3, -0.25) is 0 Å². The van der Waals surface area contributed by atoms with Crippen LogP contribution in [-0.2, 0) is 6.42 Å². The monoisotopic (exact) mass is 507 g/mol. The van der Waals surface area contributed by atoms with Crippen molar-refractivity contribution in [2.24, 2.45) is 0 Å². The molecule has 0 aliphatic rings. The summed E-state index contributed by atoms with van der Waals surface area (Å²) < 4.78 is 6.41. The largest absolute Gasteiger partial charge is 0.544 e. The summed E-state index contributed by atoms with van der Waals surface area (Å²) in [5.74, 6) is 1.29. The molecule has 188 valence electrons. The van der Waals surface area contributed by atoms with E-state index in [4.69, 9.17) is 15.1 Å². The maximum absolute atomic E-state index is 10.6. The van der Waals surface area contributed by atoms with Crippen LogP contribution in [0.15, 0.2) is 54.7 Å². The van der Waals surface area contributed by atoms with E-state index in [0.717, 1.165) is 29.0 Å². The third-order valence-electron chi connectivity index (χ3n) is 7.66. The molecular formula is C28H41N3O2Si2. The van der Waals surface area contributed by atoms with Gasteiger partial charge >= 0.3 is 0 Å². The van der Waals surface area contributed by atoms with E-state index in [1.807, 2.05) is 49.5 Å². The Balaban J connectivity index is 1.83. The molecule has 0 atom stereocenters.